The SMILES string of the molecule is COC(=O)[C@@](O)(CC(=O)c1ccccc1)c1ccccc1. The Kier molecular flexibility index (Phi) is 4.50. The van der Waals surface area contributed by atoms with Gasteiger partial charge in [-0.1, -0.05) is 60.7 Å². The Morgan fingerprint density at radius 3 is 2.05 bits per heavy atom. The lowest BCUT2D eigenvalue weighted by Crippen LogP contribution is -2.39. The smallest absolute Gasteiger partial charge is 0.343 e. The van der Waals surface area contributed by atoms with Crippen molar-refractivity contribution < 1.29 is 19.4 Å². The summed E-state index contributed by atoms with van der Waals surface area (Å²) in [4.78, 5) is 24.3. The highest BCUT2D eigenvalue weighted by Crippen LogP contribution is 2.28. The van der Waals surface area contributed by atoms with Crippen LogP contribution in [0.15, 0.2) is 60.7 Å². The minimum atomic E-state index is -1.98. The fourth-order valence-corrected chi connectivity index (χ4v) is 2.13. The number of esters is 1. The monoisotopic (exact) mass is 284 g/mol. The van der Waals surface area contributed by atoms with Gasteiger partial charge in [0.1, 0.15) is 0 Å². The molecule has 0 saturated heterocycles. The lowest BCUT2D eigenvalue weighted by atomic mass is 9.87. The van der Waals surface area contributed by atoms with Crippen molar-refractivity contribution in [3.8, 4) is 0 Å². The Bertz CT molecular complexity index is 622. The third kappa shape index (κ3) is 3.17. The van der Waals surface area contributed by atoms with E-state index in [4.69, 9.17) is 0 Å². The van der Waals surface area contributed by atoms with Crippen LogP contribution in [-0.4, -0.2) is 24.0 Å². The number of methoxy groups -OCH3 is 1. The van der Waals surface area contributed by atoms with E-state index in [9.17, 15) is 14.7 Å². The van der Waals surface area contributed by atoms with Crippen molar-refractivity contribution in [2.75, 3.05) is 7.11 Å². The van der Waals surface area contributed by atoms with Gasteiger partial charge in [-0.25, -0.2) is 4.79 Å². The summed E-state index contributed by atoms with van der Waals surface area (Å²) in [5.74, 6) is -1.18. The Labute approximate surface area is 123 Å². The highest BCUT2D eigenvalue weighted by Gasteiger charge is 2.41. The van der Waals surface area contributed by atoms with Crippen LogP contribution in [-0.2, 0) is 15.1 Å². The maximum Gasteiger partial charge on any atom is 0.343 e. The predicted octanol–water partition coefficient (Wildman–Crippen LogP) is 2.32. The molecule has 0 spiro atoms. The van der Waals surface area contributed by atoms with Crippen LogP contribution in [0.1, 0.15) is 22.3 Å². The van der Waals surface area contributed by atoms with Crippen molar-refractivity contribution >= 4 is 11.8 Å². The van der Waals surface area contributed by atoms with Crippen molar-refractivity contribution in [1.82, 2.24) is 0 Å². The quantitative estimate of drug-likeness (QED) is 0.676. The second-order valence-corrected chi connectivity index (χ2v) is 4.68. The summed E-state index contributed by atoms with van der Waals surface area (Å²) in [5, 5.41) is 10.7. The first-order valence-electron chi connectivity index (χ1n) is 6.52. The Morgan fingerprint density at radius 2 is 1.52 bits per heavy atom. The Hall–Kier alpha value is -2.46. The highest BCUT2D eigenvalue weighted by atomic mass is 16.5. The summed E-state index contributed by atoms with van der Waals surface area (Å²) in [6, 6.07) is 16.9. The van der Waals surface area contributed by atoms with Crippen molar-refractivity contribution in [3.63, 3.8) is 0 Å². The number of Topliss-reactive ketones (excluding diaryl/α,β-unsaturated/α-hetero) is 1. The number of hydrogen-bond acceptors (Lipinski definition) is 4. The normalized spacial score (nSPS) is 13.2. The van der Waals surface area contributed by atoms with Crippen LogP contribution in [0, 0.1) is 0 Å². The van der Waals surface area contributed by atoms with E-state index in [1.165, 1.54) is 7.11 Å². The van der Waals surface area contributed by atoms with Crippen LogP contribution in [0.2, 0.25) is 0 Å². The van der Waals surface area contributed by atoms with Gasteiger partial charge in [-0.2, -0.15) is 0 Å². The second kappa shape index (κ2) is 6.33. The van der Waals surface area contributed by atoms with Gasteiger partial charge in [-0.05, 0) is 5.56 Å². The number of benzene rings is 2. The molecule has 4 nitrogen and oxygen atoms in total. The fourth-order valence-electron chi connectivity index (χ4n) is 2.13. The number of hydrogen-bond donors (Lipinski definition) is 1. The maximum atomic E-state index is 12.3. The van der Waals surface area contributed by atoms with Gasteiger partial charge in [-0.3, -0.25) is 4.79 Å². The molecule has 2 aromatic carbocycles. The molecule has 2 aromatic rings. The van der Waals surface area contributed by atoms with Gasteiger partial charge in [-0.15, -0.1) is 0 Å². The standard InChI is InChI=1S/C17H16O4/c1-21-16(19)17(20,14-10-6-3-7-11-14)12-15(18)13-8-4-2-5-9-13/h2-11,20H,12H2,1H3/t17-/m1/s1. The molecular weight excluding hydrogens is 268 g/mol. The van der Waals surface area contributed by atoms with Crippen LogP contribution in [0.3, 0.4) is 0 Å². The van der Waals surface area contributed by atoms with E-state index in [0.717, 1.165) is 0 Å². The fraction of sp³-hybridized carbons (Fsp3) is 0.176. The molecule has 108 valence electrons. The zero-order valence-corrected chi connectivity index (χ0v) is 11.7. The second-order valence-electron chi connectivity index (χ2n) is 4.68. The molecule has 0 aliphatic carbocycles. The van der Waals surface area contributed by atoms with Gasteiger partial charge in [0, 0.05) is 5.56 Å². The molecule has 0 aromatic heterocycles. The van der Waals surface area contributed by atoms with E-state index >= 15 is 0 Å². The lowest BCUT2D eigenvalue weighted by molar-refractivity contribution is -0.163. The van der Waals surface area contributed by atoms with Gasteiger partial charge in [0.05, 0.1) is 13.5 Å². The van der Waals surface area contributed by atoms with E-state index in [1.807, 2.05) is 0 Å². The molecule has 1 atom stereocenters. The number of ether oxygens (including phenoxy) is 1. The van der Waals surface area contributed by atoms with E-state index in [2.05, 4.69) is 4.74 Å². The number of aliphatic hydroxyl groups is 1. The highest BCUT2D eigenvalue weighted by molar-refractivity contribution is 6.00. The number of carbonyl (C=O) groups is 2. The zero-order valence-electron chi connectivity index (χ0n) is 11.7. The summed E-state index contributed by atoms with van der Waals surface area (Å²) < 4.78 is 4.67. The third-order valence-corrected chi connectivity index (χ3v) is 3.29. The van der Waals surface area contributed by atoms with Gasteiger partial charge in [0.15, 0.2) is 11.4 Å². The Balaban J connectivity index is 2.34. The molecule has 0 unspecified atom stereocenters. The first-order chi connectivity index (χ1) is 10.1. The maximum absolute atomic E-state index is 12.3. The third-order valence-electron chi connectivity index (χ3n) is 3.29. The molecule has 0 saturated carbocycles. The predicted molar refractivity (Wildman–Crippen MR) is 77.7 cm³/mol. The summed E-state index contributed by atoms with van der Waals surface area (Å²) in [6.45, 7) is 0. The van der Waals surface area contributed by atoms with Crippen LogP contribution >= 0.6 is 0 Å². The van der Waals surface area contributed by atoms with Crippen LogP contribution in [0.5, 0.6) is 0 Å². The Morgan fingerprint density at radius 1 is 1.00 bits per heavy atom. The van der Waals surface area contributed by atoms with Crippen molar-refractivity contribution in [2.24, 2.45) is 0 Å². The largest absolute Gasteiger partial charge is 0.467 e. The molecule has 0 bridgehead atoms. The summed E-state index contributed by atoms with van der Waals surface area (Å²) in [7, 11) is 1.18. The molecule has 0 amide bonds. The number of carbonyl (C=O) groups excluding carboxylic acids is 2. The topological polar surface area (TPSA) is 63.6 Å². The van der Waals surface area contributed by atoms with Crippen molar-refractivity contribution in [3.05, 3.63) is 71.8 Å². The average molecular weight is 284 g/mol. The number of ketones is 1. The van der Waals surface area contributed by atoms with E-state index in [0.29, 0.717) is 11.1 Å². The molecule has 0 fully saturated rings. The van der Waals surface area contributed by atoms with Crippen LogP contribution < -0.4 is 0 Å². The molecule has 0 radical (unpaired) electrons. The van der Waals surface area contributed by atoms with E-state index < -0.39 is 11.6 Å². The van der Waals surface area contributed by atoms with Gasteiger partial charge in [0.2, 0.25) is 0 Å². The molecule has 1 N–H and O–H groups in total. The molecule has 2 rings (SSSR count). The molecule has 4 heteroatoms. The summed E-state index contributed by atoms with van der Waals surface area (Å²) in [6.07, 6.45) is -0.367. The van der Waals surface area contributed by atoms with Crippen LogP contribution in [0.25, 0.3) is 0 Å². The first kappa shape index (κ1) is 14.9. The van der Waals surface area contributed by atoms with Gasteiger partial charge >= 0.3 is 5.97 Å². The molecule has 0 heterocycles. The lowest BCUT2D eigenvalue weighted by Gasteiger charge is -2.25. The first-order valence-corrected chi connectivity index (χ1v) is 6.52. The minimum absolute atomic E-state index is 0.327. The van der Waals surface area contributed by atoms with Gasteiger partial charge in [0.25, 0.3) is 0 Å². The zero-order chi connectivity index (χ0) is 15.3. The van der Waals surface area contributed by atoms with Crippen LogP contribution in [0.4, 0.5) is 0 Å². The number of rotatable bonds is 5. The molecule has 21 heavy (non-hydrogen) atoms. The minimum Gasteiger partial charge on any atom is -0.467 e. The molecule has 0 aliphatic rings. The van der Waals surface area contributed by atoms with E-state index in [1.54, 1.807) is 60.7 Å². The molecule has 0 aliphatic heterocycles. The average Bonchev–Trinajstić information content (AvgIpc) is 2.55. The summed E-state index contributed by atoms with van der Waals surface area (Å²) >= 11 is 0. The summed E-state index contributed by atoms with van der Waals surface area (Å²) in [5.41, 5.74) is -1.21. The van der Waals surface area contributed by atoms with E-state index in [-0.39, 0.29) is 12.2 Å². The van der Waals surface area contributed by atoms with Crippen molar-refractivity contribution in [1.29, 1.82) is 0 Å². The van der Waals surface area contributed by atoms with Gasteiger partial charge < -0.3 is 9.84 Å². The molecular formula is C17H16O4. The van der Waals surface area contributed by atoms with Crippen molar-refractivity contribution in [2.45, 2.75) is 12.0 Å².